The average Bonchev–Trinajstić information content (AvgIpc) is 2.82. The van der Waals surface area contributed by atoms with Gasteiger partial charge in [0.15, 0.2) is 0 Å². The van der Waals surface area contributed by atoms with E-state index in [-0.39, 0.29) is 24.4 Å². The van der Waals surface area contributed by atoms with Crippen molar-refractivity contribution in [2.24, 2.45) is 5.73 Å². The number of amides is 1. The van der Waals surface area contributed by atoms with Gasteiger partial charge in [-0.1, -0.05) is 30.3 Å². The normalized spacial score (nSPS) is 18.6. The van der Waals surface area contributed by atoms with Crippen molar-refractivity contribution in [3.63, 3.8) is 0 Å². The van der Waals surface area contributed by atoms with Crippen LogP contribution in [0.25, 0.3) is 0 Å². The minimum atomic E-state index is 0. The summed E-state index contributed by atoms with van der Waals surface area (Å²) in [6.45, 7) is 5.74. The summed E-state index contributed by atoms with van der Waals surface area (Å²) in [6.07, 6.45) is 0.998. The van der Waals surface area contributed by atoms with E-state index in [1.165, 1.54) is 5.56 Å². The Balaban J connectivity index is 0.00000200. The van der Waals surface area contributed by atoms with E-state index in [0.717, 1.165) is 26.1 Å². The Labute approximate surface area is 127 Å². The van der Waals surface area contributed by atoms with E-state index in [1.807, 2.05) is 30.0 Å². The van der Waals surface area contributed by atoms with Crippen LogP contribution in [0.3, 0.4) is 0 Å². The number of halogens is 1. The molecule has 20 heavy (non-hydrogen) atoms. The summed E-state index contributed by atoms with van der Waals surface area (Å²) in [5.74, 6) is 0.195. The number of carbonyl (C=O) groups excluding carboxylic acids is 1. The minimum Gasteiger partial charge on any atom is -0.338 e. The van der Waals surface area contributed by atoms with Crippen LogP contribution in [0.4, 0.5) is 0 Å². The van der Waals surface area contributed by atoms with Crippen molar-refractivity contribution in [2.75, 3.05) is 26.2 Å². The summed E-state index contributed by atoms with van der Waals surface area (Å²) >= 11 is 0. The third-order valence-electron chi connectivity index (χ3n) is 3.62. The molecule has 0 aliphatic carbocycles. The van der Waals surface area contributed by atoms with E-state index in [4.69, 9.17) is 5.73 Å². The number of nitrogens with two attached hydrogens (primary N) is 1. The Morgan fingerprint density at radius 1 is 1.40 bits per heavy atom. The molecular weight excluding hydrogens is 274 g/mol. The molecule has 2 N–H and O–H groups in total. The standard InChI is InChI=1S/C15H23N3O.ClH/c1-2-18(10-13-6-4-3-5-7-13)15(19)12-17-9-8-14(16)11-17;/h3-7,14H,2,8-12,16H2,1H3;1H. The molecule has 0 radical (unpaired) electrons. The summed E-state index contributed by atoms with van der Waals surface area (Å²) < 4.78 is 0. The highest BCUT2D eigenvalue weighted by molar-refractivity contribution is 5.85. The van der Waals surface area contributed by atoms with Crippen molar-refractivity contribution in [3.8, 4) is 0 Å². The number of nitrogens with zero attached hydrogens (tertiary/aromatic N) is 2. The number of hydrogen-bond donors (Lipinski definition) is 1. The van der Waals surface area contributed by atoms with E-state index in [0.29, 0.717) is 13.1 Å². The predicted octanol–water partition coefficient (Wildman–Crippen LogP) is 1.49. The summed E-state index contributed by atoms with van der Waals surface area (Å²) in [4.78, 5) is 16.3. The van der Waals surface area contributed by atoms with Crippen molar-refractivity contribution in [2.45, 2.75) is 25.9 Å². The maximum absolute atomic E-state index is 12.3. The first-order valence-electron chi connectivity index (χ1n) is 6.98. The smallest absolute Gasteiger partial charge is 0.237 e. The Kier molecular flexibility index (Phi) is 6.99. The molecule has 1 unspecified atom stereocenters. The van der Waals surface area contributed by atoms with Crippen molar-refractivity contribution in [3.05, 3.63) is 35.9 Å². The zero-order chi connectivity index (χ0) is 13.7. The van der Waals surface area contributed by atoms with Gasteiger partial charge in [-0.3, -0.25) is 9.69 Å². The minimum absolute atomic E-state index is 0. The highest BCUT2D eigenvalue weighted by atomic mass is 35.5. The second kappa shape index (κ2) is 8.25. The van der Waals surface area contributed by atoms with Gasteiger partial charge < -0.3 is 10.6 Å². The quantitative estimate of drug-likeness (QED) is 0.896. The molecule has 1 amide bonds. The van der Waals surface area contributed by atoms with Crippen molar-refractivity contribution < 1.29 is 4.79 Å². The number of benzene rings is 1. The van der Waals surface area contributed by atoms with Crippen LogP contribution in [0.5, 0.6) is 0 Å². The maximum Gasteiger partial charge on any atom is 0.237 e. The van der Waals surface area contributed by atoms with E-state index < -0.39 is 0 Å². The molecule has 1 aromatic carbocycles. The molecular formula is C15H24ClN3O. The number of rotatable bonds is 5. The van der Waals surface area contributed by atoms with Crippen LogP contribution in [0, 0.1) is 0 Å². The van der Waals surface area contributed by atoms with Gasteiger partial charge in [-0.05, 0) is 18.9 Å². The van der Waals surface area contributed by atoms with Crippen molar-refractivity contribution >= 4 is 18.3 Å². The monoisotopic (exact) mass is 297 g/mol. The molecule has 0 saturated carbocycles. The molecule has 1 aliphatic heterocycles. The van der Waals surface area contributed by atoms with Crippen LogP contribution in [-0.4, -0.2) is 47.9 Å². The van der Waals surface area contributed by atoms with Crippen LogP contribution in [0.1, 0.15) is 18.9 Å². The number of likely N-dealkylation sites (tertiary alicyclic amines) is 1. The molecule has 0 aromatic heterocycles. The number of likely N-dealkylation sites (N-methyl/N-ethyl adjacent to an activating group) is 1. The van der Waals surface area contributed by atoms with Crippen molar-refractivity contribution in [1.82, 2.24) is 9.80 Å². The van der Waals surface area contributed by atoms with Crippen LogP contribution in [0.15, 0.2) is 30.3 Å². The lowest BCUT2D eigenvalue weighted by molar-refractivity contribution is -0.132. The highest BCUT2D eigenvalue weighted by Gasteiger charge is 2.23. The molecule has 1 aromatic rings. The fraction of sp³-hybridized carbons (Fsp3) is 0.533. The van der Waals surface area contributed by atoms with Gasteiger partial charge in [-0.2, -0.15) is 0 Å². The molecule has 1 atom stereocenters. The summed E-state index contributed by atoms with van der Waals surface area (Å²) in [5, 5.41) is 0. The van der Waals surface area contributed by atoms with Gasteiger partial charge in [-0.25, -0.2) is 0 Å². The lowest BCUT2D eigenvalue weighted by atomic mass is 10.2. The number of carbonyl (C=O) groups is 1. The van der Waals surface area contributed by atoms with Gasteiger partial charge in [0.05, 0.1) is 6.54 Å². The van der Waals surface area contributed by atoms with E-state index >= 15 is 0 Å². The first kappa shape index (κ1) is 17.0. The summed E-state index contributed by atoms with van der Waals surface area (Å²) in [5.41, 5.74) is 7.04. The molecule has 1 saturated heterocycles. The Hall–Kier alpha value is -1.10. The molecule has 112 valence electrons. The molecule has 0 spiro atoms. The van der Waals surface area contributed by atoms with Crippen molar-refractivity contribution in [1.29, 1.82) is 0 Å². The van der Waals surface area contributed by atoms with E-state index in [9.17, 15) is 4.79 Å². The molecule has 1 heterocycles. The zero-order valence-corrected chi connectivity index (χ0v) is 12.8. The summed E-state index contributed by atoms with van der Waals surface area (Å²) in [7, 11) is 0. The van der Waals surface area contributed by atoms with Crippen LogP contribution in [-0.2, 0) is 11.3 Å². The van der Waals surface area contributed by atoms with E-state index in [2.05, 4.69) is 17.0 Å². The zero-order valence-electron chi connectivity index (χ0n) is 12.0. The number of hydrogen-bond acceptors (Lipinski definition) is 3. The fourth-order valence-electron chi connectivity index (χ4n) is 2.48. The van der Waals surface area contributed by atoms with Gasteiger partial charge in [0.25, 0.3) is 0 Å². The molecule has 1 fully saturated rings. The second-order valence-corrected chi connectivity index (χ2v) is 5.18. The fourth-order valence-corrected chi connectivity index (χ4v) is 2.48. The predicted molar refractivity (Wildman–Crippen MR) is 83.8 cm³/mol. The third-order valence-corrected chi connectivity index (χ3v) is 3.62. The SMILES string of the molecule is CCN(Cc1ccccc1)C(=O)CN1CCC(N)C1.Cl. The van der Waals surface area contributed by atoms with Gasteiger partial charge in [-0.15, -0.1) is 12.4 Å². The van der Waals surface area contributed by atoms with Crippen LogP contribution >= 0.6 is 12.4 Å². The Morgan fingerprint density at radius 3 is 2.65 bits per heavy atom. The molecule has 5 heteroatoms. The lowest BCUT2D eigenvalue weighted by Gasteiger charge is -2.24. The molecule has 0 bridgehead atoms. The van der Waals surface area contributed by atoms with Gasteiger partial charge >= 0.3 is 0 Å². The van der Waals surface area contributed by atoms with Gasteiger partial charge in [0.1, 0.15) is 0 Å². The molecule has 4 nitrogen and oxygen atoms in total. The van der Waals surface area contributed by atoms with Gasteiger partial charge in [0, 0.05) is 32.2 Å². The first-order chi connectivity index (χ1) is 9.19. The highest BCUT2D eigenvalue weighted by Crippen LogP contribution is 2.09. The average molecular weight is 298 g/mol. The lowest BCUT2D eigenvalue weighted by Crippen LogP contribution is -2.40. The maximum atomic E-state index is 12.3. The largest absolute Gasteiger partial charge is 0.338 e. The molecule has 2 rings (SSSR count). The van der Waals surface area contributed by atoms with E-state index in [1.54, 1.807) is 0 Å². The molecule has 1 aliphatic rings. The Morgan fingerprint density at radius 2 is 2.10 bits per heavy atom. The van der Waals surface area contributed by atoms with Gasteiger partial charge in [0.2, 0.25) is 5.91 Å². The Bertz CT molecular complexity index is 413. The summed E-state index contributed by atoms with van der Waals surface area (Å²) in [6, 6.07) is 10.4. The van der Waals surface area contributed by atoms with Crippen LogP contribution in [0.2, 0.25) is 0 Å². The van der Waals surface area contributed by atoms with Crippen LogP contribution < -0.4 is 5.73 Å². The third kappa shape index (κ3) is 4.78. The first-order valence-corrected chi connectivity index (χ1v) is 6.98. The topological polar surface area (TPSA) is 49.6 Å². The second-order valence-electron chi connectivity index (χ2n) is 5.18.